The van der Waals surface area contributed by atoms with Crippen LogP contribution in [0, 0.1) is 18.6 Å². The molecule has 3 rings (SSSR count). The molecule has 0 aliphatic carbocycles. The summed E-state index contributed by atoms with van der Waals surface area (Å²) in [6.45, 7) is 8.30. The van der Waals surface area contributed by atoms with E-state index in [0.717, 1.165) is 22.0 Å². The first kappa shape index (κ1) is 30.7. The van der Waals surface area contributed by atoms with Gasteiger partial charge in [-0.2, -0.15) is 0 Å². The number of rotatable bonds is 10. The monoisotopic (exact) mass is 571 g/mol. The number of carbonyl (C=O) groups is 2. The molecule has 0 heterocycles. The van der Waals surface area contributed by atoms with Gasteiger partial charge in [-0.3, -0.25) is 13.9 Å². The molecule has 1 N–H and O–H groups in total. The first-order valence-electron chi connectivity index (χ1n) is 12.9. The number of hydrogen-bond donors (Lipinski definition) is 1. The average Bonchev–Trinajstić information content (AvgIpc) is 2.88. The first-order chi connectivity index (χ1) is 18.7. The molecule has 3 aromatic carbocycles. The van der Waals surface area contributed by atoms with Gasteiger partial charge in [0, 0.05) is 12.1 Å². The van der Waals surface area contributed by atoms with E-state index in [0.29, 0.717) is 5.56 Å². The van der Waals surface area contributed by atoms with Crippen molar-refractivity contribution in [2.24, 2.45) is 0 Å². The lowest BCUT2D eigenvalue weighted by Crippen LogP contribution is -2.55. The third kappa shape index (κ3) is 7.88. The van der Waals surface area contributed by atoms with Crippen LogP contribution in [0.4, 0.5) is 14.5 Å². The molecule has 0 spiro atoms. The van der Waals surface area contributed by atoms with Crippen LogP contribution in [-0.2, 0) is 26.2 Å². The van der Waals surface area contributed by atoms with Gasteiger partial charge >= 0.3 is 0 Å². The highest BCUT2D eigenvalue weighted by Crippen LogP contribution is 2.25. The third-order valence-electron chi connectivity index (χ3n) is 6.15. The zero-order chi connectivity index (χ0) is 29.7. The Morgan fingerprint density at radius 3 is 1.90 bits per heavy atom. The Balaban J connectivity index is 2.06. The average molecular weight is 572 g/mol. The molecule has 2 amide bonds. The standard InChI is InChI=1S/C30H35F2N3O4S/c1-6-27(29(37)33-30(3,4)5)34(19-22-9-11-23(31)12-10-22)28(36)20-35(25-15-13-24(32)14-16-25)40(38,39)26-17-7-21(2)8-18-26/h7-18,27H,6,19-20H2,1-5H3,(H,33,37)/t27-/m0/s1. The second-order valence-corrected chi connectivity index (χ2v) is 12.5. The lowest BCUT2D eigenvalue weighted by Gasteiger charge is -2.34. The van der Waals surface area contributed by atoms with Gasteiger partial charge in [0.05, 0.1) is 10.6 Å². The number of nitrogens with zero attached hydrogens (tertiary/aromatic N) is 2. The Bertz CT molecular complexity index is 1420. The SMILES string of the molecule is CC[C@@H](C(=O)NC(C)(C)C)N(Cc1ccc(F)cc1)C(=O)CN(c1ccc(F)cc1)S(=O)(=O)c1ccc(C)cc1. The van der Waals surface area contributed by atoms with Crippen molar-refractivity contribution in [3.8, 4) is 0 Å². The molecule has 0 radical (unpaired) electrons. The minimum atomic E-state index is -4.26. The van der Waals surface area contributed by atoms with E-state index in [9.17, 15) is 26.8 Å². The van der Waals surface area contributed by atoms with Crippen LogP contribution >= 0.6 is 0 Å². The van der Waals surface area contributed by atoms with Crippen molar-refractivity contribution < 1.29 is 26.8 Å². The number of halogens is 2. The molecular formula is C30H35F2N3O4S. The summed E-state index contributed by atoms with van der Waals surface area (Å²) in [6.07, 6.45) is 0.246. The molecule has 0 unspecified atom stereocenters. The molecule has 0 saturated carbocycles. The van der Waals surface area contributed by atoms with Crippen LogP contribution in [0.15, 0.2) is 77.7 Å². The Morgan fingerprint density at radius 2 is 1.40 bits per heavy atom. The molecule has 0 aromatic heterocycles. The summed E-state index contributed by atoms with van der Waals surface area (Å²) in [5, 5.41) is 2.89. The maximum absolute atomic E-state index is 14.0. The number of nitrogens with one attached hydrogen (secondary N) is 1. The van der Waals surface area contributed by atoms with Gasteiger partial charge in [0.1, 0.15) is 24.2 Å². The highest BCUT2D eigenvalue weighted by molar-refractivity contribution is 7.92. The molecule has 7 nitrogen and oxygen atoms in total. The summed E-state index contributed by atoms with van der Waals surface area (Å²) in [5.74, 6) is -2.07. The molecule has 1 atom stereocenters. The molecule has 214 valence electrons. The number of carbonyl (C=O) groups excluding carboxylic acids is 2. The summed E-state index contributed by atoms with van der Waals surface area (Å²) in [4.78, 5) is 28.5. The normalized spacial score (nSPS) is 12.5. The molecule has 0 aliphatic rings. The molecule has 3 aromatic rings. The van der Waals surface area contributed by atoms with E-state index >= 15 is 0 Å². The largest absolute Gasteiger partial charge is 0.350 e. The van der Waals surface area contributed by atoms with Crippen LogP contribution in [0.3, 0.4) is 0 Å². The minimum Gasteiger partial charge on any atom is -0.350 e. The zero-order valence-corrected chi connectivity index (χ0v) is 24.1. The van der Waals surface area contributed by atoms with Crippen LogP contribution in [0.5, 0.6) is 0 Å². The van der Waals surface area contributed by atoms with E-state index in [1.807, 2.05) is 27.7 Å². The van der Waals surface area contributed by atoms with Gasteiger partial charge in [-0.05, 0) is 88.2 Å². The zero-order valence-electron chi connectivity index (χ0n) is 23.3. The van der Waals surface area contributed by atoms with Crippen LogP contribution < -0.4 is 9.62 Å². The summed E-state index contributed by atoms with van der Waals surface area (Å²) in [5.41, 5.74) is 0.921. The number of hydrogen-bond acceptors (Lipinski definition) is 4. The summed E-state index contributed by atoms with van der Waals surface area (Å²) >= 11 is 0. The Morgan fingerprint density at radius 1 is 0.875 bits per heavy atom. The fourth-order valence-corrected chi connectivity index (χ4v) is 5.55. The summed E-state index contributed by atoms with van der Waals surface area (Å²) in [7, 11) is -4.26. The first-order valence-corrected chi connectivity index (χ1v) is 14.4. The molecule has 0 saturated heterocycles. The van der Waals surface area contributed by atoms with Crippen molar-refractivity contribution in [2.45, 2.75) is 64.1 Å². The molecule has 0 aliphatic heterocycles. The highest BCUT2D eigenvalue weighted by Gasteiger charge is 2.34. The van der Waals surface area contributed by atoms with Gasteiger partial charge in [0.15, 0.2) is 0 Å². The number of amides is 2. The van der Waals surface area contributed by atoms with Crippen LogP contribution in [0.25, 0.3) is 0 Å². The molecule has 0 fully saturated rings. The van der Waals surface area contributed by atoms with Gasteiger partial charge in [0.25, 0.3) is 10.0 Å². The molecule has 10 heteroatoms. The van der Waals surface area contributed by atoms with Gasteiger partial charge in [-0.15, -0.1) is 0 Å². The number of anilines is 1. The van der Waals surface area contributed by atoms with E-state index < -0.39 is 51.6 Å². The van der Waals surface area contributed by atoms with Crippen molar-refractivity contribution in [3.05, 3.63) is 95.6 Å². The van der Waals surface area contributed by atoms with Crippen molar-refractivity contribution in [2.75, 3.05) is 10.8 Å². The van der Waals surface area contributed by atoms with Gasteiger partial charge in [-0.25, -0.2) is 17.2 Å². The fourth-order valence-electron chi connectivity index (χ4n) is 4.13. The smallest absolute Gasteiger partial charge is 0.264 e. The quantitative estimate of drug-likeness (QED) is 0.363. The third-order valence-corrected chi connectivity index (χ3v) is 7.94. The van der Waals surface area contributed by atoms with E-state index in [4.69, 9.17) is 0 Å². The van der Waals surface area contributed by atoms with Crippen molar-refractivity contribution >= 4 is 27.5 Å². The fraction of sp³-hybridized carbons (Fsp3) is 0.333. The lowest BCUT2D eigenvalue weighted by atomic mass is 10.1. The summed E-state index contributed by atoms with van der Waals surface area (Å²) in [6, 6.07) is 15.5. The highest BCUT2D eigenvalue weighted by atomic mass is 32.2. The number of aryl methyl sites for hydroxylation is 1. The van der Waals surface area contributed by atoms with E-state index in [2.05, 4.69) is 5.32 Å². The van der Waals surface area contributed by atoms with Crippen LogP contribution in [0.2, 0.25) is 0 Å². The maximum atomic E-state index is 14.0. The topological polar surface area (TPSA) is 86.8 Å². The van der Waals surface area contributed by atoms with E-state index in [1.54, 1.807) is 19.1 Å². The Hall–Kier alpha value is -3.79. The minimum absolute atomic E-state index is 0.0437. The predicted molar refractivity (Wildman–Crippen MR) is 151 cm³/mol. The summed E-state index contributed by atoms with van der Waals surface area (Å²) < 4.78 is 55.8. The second kappa shape index (κ2) is 12.6. The van der Waals surface area contributed by atoms with Gasteiger partial charge < -0.3 is 10.2 Å². The number of sulfonamides is 1. The second-order valence-electron chi connectivity index (χ2n) is 10.6. The predicted octanol–water partition coefficient (Wildman–Crippen LogP) is 5.19. The lowest BCUT2D eigenvalue weighted by molar-refractivity contribution is -0.141. The van der Waals surface area contributed by atoms with Crippen LogP contribution in [0.1, 0.15) is 45.2 Å². The Kier molecular flexibility index (Phi) is 9.68. The van der Waals surface area contributed by atoms with E-state index in [-0.39, 0.29) is 23.5 Å². The molecule has 0 bridgehead atoms. The molecule has 40 heavy (non-hydrogen) atoms. The molecular weight excluding hydrogens is 536 g/mol. The van der Waals surface area contributed by atoms with Gasteiger partial charge in [0.2, 0.25) is 11.8 Å². The maximum Gasteiger partial charge on any atom is 0.264 e. The van der Waals surface area contributed by atoms with Crippen molar-refractivity contribution in [1.82, 2.24) is 10.2 Å². The Labute approximate surface area is 234 Å². The van der Waals surface area contributed by atoms with Crippen molar-refractivity contribution in [1.29, 1.82) is 0 Å². The van der Waals surface area contributed by atoms with Gasteiger partial charge in [-0.1, -0.05) is 36.8 Å². The number of benzene rings is 3. The van der Waals surface area contributed by atoms with Crippen LogP contribution in [-0.4, -0.2) is 43.3 Å². The van der Waals surface area contributed by atoms with E-state index in [1.165, 1.54) is 53.4 Å². The van der Waals surface area contributed by atoms with Crippen molar-refractivity contribution in [3.63, 3.8) is 0 Å².